The van der Waals surface area contributed by atoms with Crippen LogP contribution in [0.15, 0.2) is 35.0 Å². The summed E-state index contributed by atoms with van der Waals surface area (Å²) in [5.74, 6) is 0. The molecule has 0 aromatic carbocycles. The van der Waals surface area contributed by atoms with Crippen LogP contribution in [-0.4, -0.2) is 17.3 Å². The molecule has 0 bridgehead atoms. The molecule has 1 aliphatic carbocycles. The minimum atomic E-state index is -0.126. The predicted octanol–water partition coefficient (Wildman–Crippen LogP) is 3.79. The van der Waals surface area contributed by atoms with E-state index in [1.54, 1.807) is 22.7 Å². The van der Waals surface area contributed by atoms with Gasteiger partial charge in [-0.25, -0.2) is 0 Å². The SMILES string of the molecule is OC1CCCC(NC(c2cccs2)c2cccs2)C1. The molecule has 19 heavy (non-hydrogen) atoms. The Balaban J connectivity index is 1.76. The number of hydrogen-bond donors (Lipinski definition) is 2. The van der Waals surface area contributed by atoms with E-state index >= 15 is 0 Å². The Kier molecular flexibility index (Phi) is 4.33. The maximum atomic E-state index is 9.82. The second-order valence-electron chi connectivity index (χ2n) is 5.15. The minimum absolute atomic E-state index is 0.126. The van der Waals surface area contributed by atoms with Gasteiger partial charge in [0, 0.05) is 15.8 Å². The Bertz CT molecular complexity index is 446. The number of aliphatic hydroxyl groups is 1. The van der Waals surface area contributed by atoms with Crippen LogP contribution in [0, 0.1) is 0 Å². The Labute approximate surface area is 122 Å². The van der Waals surface area contributed by atoms with Crippen LogP contribution in [0.25, 0.3) is 0 Å². The van der Waals surface area contributed by atoms with Crippen molar-refractivity contribution >= 4 is 22.7 Å². The smallest absolute Gasteiger partial charge is 0.0767 e. The molecule has 2 nitrogen and oxygen atoms in total. The van der Waals surface area contributed by atoms with Crippen molar-refractivity contribution in [3.8, 4) is 0 Å². The van der Waals surface area contributed by atoms with Crippen LogP contribution < -0.4 is 5.32 Å². The molecule has 2 atom stereocenters. The molecule has 1 saturated carbocycles. The van der Waals surface area contributed by atoms with Gasteiger partial charge in [-0.05, 0) is 48.6 Å². The topological polar surface area (TPSA) is 32.3 Å². The van der Waals surface area contributed by atoms with Crippen LogP contribution in [0.3, 0.4) is 0 Å². The summed E-state index contributed by atoms with van der Waals surface area (Å²) in [7, 11) is 0. The average Bonchev–Trinajstić information content (AvgIpc) is 3.10. The first-order chi connectivity index (χ1) is 9.33. The number of aliphatic hydroxyl groups excluding tert-OH is 1. The van der Waals surface area contributed by atoms with Gasteiger partial charge in [-0.3, -0.25) is 0 Å². The van der Waals surface area contributed by atoms with Crippen molar-refractivity contribution < 1.29 is 5.11 Å². The van der Waals surface area contributed by atoms with Crippen LogP contribution in [0.2, 0.25) is 0 Å². The fourth-order valence-corrected chi connectivity index (χ4v) is 4.45. The number of rotatable bonds is 4. The summed E-state index contributed by atoms with van der Waals surface area (Å²) < 4.78 is 0. The highest BCUT2D eigenvalue weighted by Gasteiger charge is 2.25. The molecule has 0 saturated heterocycles. The molecule has 0 aliphatic heterocycles. The Hall–Kier alpha value is -0.680. The van der Waals surface area contributed by atoms with E-state index in [0.717, 1.165) is 19.3 Å². The van der Waals surface area contributed by atoms with E-state index in [1.807, 2.05) is 0 Å². The molecule has 4 heteroatoms. The monoisotopic (exact) mass is 293 g/mol. The molecule has 0 radical (unpaired) electrons. The molecule has 2 heterocycles. The van der Waals surface area contributed by atoms with Crippen LogP contribution in [0.1, 0.15) is 41.5 Å². The molecular formula is C15H19NOS2. The third-order valence-electron chi connectivity index (χ3n) is 3.70. The first-order valence-corrected chi connectivity index (χ1v) is 8.60. The van der Waals surface area contributed by atoms with Gasteiger partial charge in [-0.2, -0.15) is 0 Å². The van der Waals surface area contributed by atoms with Crippen molar-refractivity contribution in [3.63, 3.8) is 0 Å². The quantitative estimate of drug-likeness (QED) is 0.899. The third kappa shape index (κ3) is 3.26. The zero-order chi connectivity index (χ0) is 13.1. The van der Waals surface area contributed by atoms with E-state index in [1.165, 1.54) is 16.2 Å². The zero-order valence-corrected chi connectivity index (χ0v) is 12.4. The summed E-state index contributed by atoms with van der Waals surface area (Å²) in [4.78, 5) is 2.73. The van der Waals surface area contributed by atoms with Crippen molar-refractivity contribution in [2.45, 2.75) is 43.9 Å². The fraction of sp³-hybridized carbons (Fsp3) is 0.467. The van der Waals surface area contributed by atoms with Gasteiger partial charge >= 0.3 is 0 Å². The van der Waals surface area contributed by atoms with Crippen molar-refractivity contribution in [3.05, 3.63) is 44.8 Å². The Morgan fingerprint density at radius 2 is 1.79 bits per heavy atom. The predicted molar refractivity (Wildman–Crippen MR) is 81.9 cm³/mol. The van der Waals surface area contributed by atoms with Crippen molar-refractivity contribution in [1.29, 1.82) is 0 Å². The molecule has 0 spiro atoms. The molecule has 2 unspecified atom stereocenters. The van der Waals surface area contributed by atoms with Crippen molar-refractivity contribution in [2.75, 3.05) is 0 Å². The Morgan fingerprint density at radius 3 is 2.32 bits per heavy atom. The largest absolute Gasteiger partial charge is 0.393 e. The first-order valence-electron chi connectivity index (χ1n) is 6.84. The summed E-state index contributed by atoms with van der Waals surface area (Å²) in [6, 6.07) is 9.33. The second kappa shape index (κ2) is 6.18. The minimum Gasteiger partial charge on any atom is -0.393 e. The number of nitrogens with one attached hydrogen (secondary N) is 1. The molecule has 0 amide bonds. The summed E-state index contributed by atoms with van der Waals surface area (Å²) in [6.07, 6.45) is 4.01. The average molecular weight is 293 g/mol. The lowest BCUT2D eigenvalue weighted by Gasteiger charge is -2.30. The standard InChI is InChI=1S/C15H19NOS2/c17-12-5-1-4-11(10-12)16-15(13-6-2-8-18-13)14-7-3-9-19-14/h2-3,6-9,11-12,15-17H,1,4-5,10H2. The highest BCUT2D eigenvalue weighted by atomic mass is 32.1. The molecule has 3 rings (SSSR count). The molecule has 2 aromatic rings. The van der Waals surface area contributed by atoms with Gasteiger partial charge in [0.15, 0.2) is 0 Å². The van der Waals surface area contributed by atoms with Gasteiger partial charge in [0.25, 0.3) is 0 Å². The number of hydrogen-bond acceptors (Lipinski definition) is 4. The van der Waals surface area contributed by atoms with Crippen LogP contribution >= 0.6 is 22.7 Å². The lowest BCUT2D eigenvalue weighted by Crippen LogP contribution is -2.38. The van der Waals surface area contributed by atoms with Gasteiger partial charge in [0.05, 0.1) is 12.1 Å². The lowest BCUT2D eigenvalue weighted by atomic mass is 9.92. The van der Waals surface area contributed by atoms with E-state index in [2.05, 4.69) is 40.3 Å². The maximum Gasteiger partial charge on any atom is 0.0767 e. The van der Waals surface area contributed by atoms with Crippen molar-refractivity contribution in [2.24, 2.45) is 0 Å². The second-order valence-corrected chi connectivity index (χ2v) is 7.11. The maximum absolute atomic E-state index is 9.82. The summed E-state index contributed by atoms with van der Waals surface area (Å²) in [5.41, 5.74) is 0. The van der Waals surface area contributed by atoms with Gasteiger partial charge in [0.1, 0.15) is 0 Å². The Morgan fingerprint density at radius 1 is 1.11 bits per heavy atom. The highest BCUT2D eigenvalue weighted by Crippen LogP contribution is 2.31. The normalized spacial score (nSPS) is 23.9. The van der Waals surface area contributed by atoms with E-state index in [0.29, 0.717) is 6.04 Å². The fourth-order valence-electron chi connectivity index (χ4n) is 2.77. The molecule has 2 N–H and O–H groups in total. The summed E-state index contributed by atoms with van der Waals surface area (Å²) in [5, 5.41) is 17.8. The first kappa shape index (κ1) is 13.3. The molecule has 1 aliphatic rings. The van der Waals surface area contributed by atoms with Gasteiger partial charge in [-0.1, -0.05) is 12.1 Å². The van der Waals surface area contributed by atoms with E-state index < -0.39 is 0 Å². The van der Waals surface area contributed by atoms with Crippen LogP contribution in [0.4, 0.5) is 0 Å². The van der Waals surface area contributed by atoms with Crippen molar-refractivity contribution in [1.82, 2.24) is 5.32 Å². The molecule has 2 aromatic heterocycles. The number of thiophene rings is 2. The zero-order valence-electron chi connectivity index (χ0n) is 10.8. The highest BCUT2D eigenvalue weighted by molar-refractivity contribution is 7.11. The van der Waals surface area contributed by atoms with E-state index in [-0.39, 0.29) is 12.1 Å². The lowest BCUT2D eigenvalue weighted by molar-refractivity contribution is 0.110. The van der Waals surface area contributed by atoms with E-state index in [9.17, 15) is 5.11 Å². The van der Waals surface area contributed by atoms with Gasteiger partial charge in [0.2, 0.25) is 0 Å². The molecular weight excluding hydrogens is 274 g/mol. The van der Waals surface area contributed by atoms with Gasteiger partial charge in [-0.15, -0.1) is 22.7 Å². The summed E-state index contributed by atoms with van der Waals surface area (Å²) >= 11 is 3.60. The summed E-state index contributed by atoms with van der Waals surface area (Å²) in [6.45, 7) is 0. The third-order valence-corrected chi connectivity index (χ3v) is 5.58. The van der Waals surface area contributed by atoms with Crippen LogP contribution in [0.5, 0.6) is 0 Å². The van der Waals surface area contributed by atoms with E-state index in [4.69, 9.17) is 0 Å². The van der Waals surface area contributed by atoms with Crippen LogP contribution in [-0.2, 0) is 0 Å². The molecule has 102 valence electrons. The molecule has 1 fully saturated rings. The van der Waals surface area contributed by atoms with Gasteiger partial charge < -0.3 is 10.4 Å².